The average molecular weight is 524 g/mol. The zero-order valence-corrected chi connectivity index (χ0v) is 20.7. The molecule has 0 bridgehead atoms. The highest BCUT2D eigenvalue weighted by Crippen LogP contribution is 2.33. The summed E-state index contributed by atoms with van der Waals surface area (Å²) >= 11 is 0. The first-order valence-corrected chi connectivity index (χ1v) is 11.6. The van der Waals surface area contributed by atoms with Crippen LogP contribution in [0.4, 0.5) is 22.0 Å². The van der Waals surface area contributed by atoms with Crippen molar-refractivity contribution in [3.63, 3.8) is 0 Å². The fourth-order valence-electron chi connectivity index (χ4n) is 3.68. The highest BCUT2D eigenvalue weighted by molar-refractivity contribution is 5.93. The van der Waals surface area contributed by atoms with Gasteiger partial charge in [0.2, 0.25) is 0 Å². The zero-order chi connectivity index (χ0) is 27.6. The Balaban J connectivity index is 2.09. The quantitative estimate of drug-likeness (QED) is 0.166. The van der Waals surface area contributed by atoms with Gasteiger partial charge in [-0.25, -0.2) is 8.78 Å². The molecule has 1 amide bonds. The lowest BCUT2D eigenvalue weighted by Gasteiger charge is -2.20. The van der Waals surface area contributed by atoms with Gasteiger partial charge < -0.3 is 15.2 Å². The molecule has 9 heteroatoms. The molecule has 2 aromatic carbocycles. The fraction of sp³-hybridized carbons (Fsp3) is 0.321. The van der Waals surface area contributed by atoms with Crippen LogP contribution in [0.25, 0.3) is 0 Å². The van der Waals surface area contributed by atoms with Crippen LogP contribution in [0.3, 0.4) is 0 Å². The van der Waals surface area contributed by atoms with Crippen molar-refractivity contribution in [1.29, 1.82) is 0 Å². The number of ether oxygens (including phenoxy) is 2. The summed E-state index contributed by atoms with van der Waals surface area (Å²) in [7, 11) is 0. The molecule has 4 nitrogen and oxygen atoms in total. The number of carbonyl (C=O) groups is 1. The van der Waals surface area contributed by atoms with Gasteiger partial charge in [-0.3, -0.25) is 4.79 Å². The van der Waals surface area contributed by atoms with Crippen LogP contribution < -0.4 is 15.2 Å². The van der Waals surface area contributed by atoms with Gasteiger partial charge in [0.05, 0.1) is 6.61 Å². The Morgan fingerprint density at radius 1 is 1.03 bits per heavy atom. The topological polar surface area (TPSA) is 61.6 Å². The van der Waals surface area contributed by atoms with E-state index in [1.807, 2.05) is 26.0 Å². The first kappa shape index (κ1) is 29.6. The van der Waals surface area contributed by atoms with E-state index in [2.05, 4.69) is 11.3 Å². The fourth-order valence-corrected chi connectivity index (χ4v) is 3.68. The van der Waals surface area contributed by atoms with Crippen LogP contribution in [0.1, 0.15) is 61.4 Å². The van der Waals surface area contributed by atoms with Gasteiger partial charge in [-0.1, -0.05) is 36.4 Å². The van der Waals surface area contributed by atoms with Crippen LogP contribution in [0.5, 0.6) is 11.5 Å². The Kier molecular flexibility index (Phi) is 10.9. The van der Waals surface area contributed by atoms with E-state index in [-0.39, 0.29) is 17.9 Å². The SMILES string of the molecule is C=C/C(=C\C=C(C)C)CC(CCCCOc1ccc(OC(F)(F)F)cc1)c1ccc(F)c(C(N)=O)c1F. The van der Waals surface area contributed by atoms with Gasteiger partial charge in [-0.05, 0) is 86.9 Å². The highest BCUT2D eigenvalue weighted by atomic mass is 19.4. The Labute approximate surface area is 213 Å². The zero-order valence-electron chi connectivity index (χ0n) is 20.7. The maximum Gasteiger partial charge on any atom is 0.573 e. The van der Waals surface area contributed by atoms with E-state index in [1.165, 1.54) is 18.2 Å². The normalized spacial score (nSPS) is 12.6. The minimum atomic E-state index is -4.77. The number of alkyl halides is 3. The molecule has 0 aliphatic rings. The Morgan fingerprint density at radius 3 is 2.24 bits per heavy atom. The molecule has 37 heavy (non-hydrogen) atoms. The van der Waals surface area contributed by atoms with Crippen molar-refractivity contribution in [3.8, 4) is 11.5 Å². The van der Waals surface area contributed by atoms with Gasteiger partial charge in [-0.2, -0.15) is 0 Å². The number of unbranched alkanes of at least 4 members (excludes halogenated alkanes) is 1. The summed E-state index contributed by atoms with van der Waals surface area (Å²) in [5.74, 6) is -3.54. The third-order valence-electron chi connectivity index (χ3n) is 5.46. The van der Waals surface area contributed by atoms with E-state index >= 15 is 4.39 Å². The van der Waals surface area contributed by atoms with Crippen molar-refractivity contribution < 1.29 is 36.2 Å². The summed E-state index contributed by atoms with van der Waals surface area (Å²) in [5.41, 5.74) is 6.51. The predicted octanol–water partition coefficient (Wildman–Crippen LogP) is 7.76. The van der Waals surface area contributed by atoms with E-state index in [9.17, 15) is 22.4 Å². The number of carbonyl (C=O) groups excluding carboxylic acids is 1. The maximum absolute atomic E-state index is 15.1. The van der Waals surface area contributed by atoms with E-state index in [1.54, 1.807) is 6.08 Å². The van der Waals surface area contributed by atoms with Crippen LogP contribution in [-0.2, 0) is 0 Å². The number of benzene rings is 2. The molecular formula is C28H30F5NO3. The van der Waals surface area contributed by atoms with Crippen LogP contribution in [0.2, 0.25) is 0 Å². The molecule has 0 spiro atoms. The first-order chi connectivity index (χ1) is 17.4. The predicted molar refractivity (Wildman–Crippen MR) is 132 cm³/mol. The molecule has 1 unspecified atom stereocenters. The lowest BCUT2D eigenvalue weighted by molar-refractivity contribution is -0.274. The minimum absolute atomic E-state index is 0.182. The average Bonchev–Trinajstić information content (AvgIpc) is 2.80. The Morgan fingerprint density at radius 2 is 1.68 bits per heavy atom. The number of hydrogen-bond donors (Lipinski definition) is 1. The molecule has 0 radical (unpaired) electrons. The van der Waals surface area contributed by atoms with Crippen molar-refractivity contribution in [2.24, 2.45) is 5.73 Å². The molecule has 200 valence electrons. The van der Waals surface area contributed by atoms with Gasteiger partial charge in [-0.15, -0.1) is 13.2 Å². The molecule has 0 fully saturated rings. The lowest BCUT2D eigenvalue weighted by atomic mass is 9.86. The number of halogens is 5. The van der Waals surface area contributed by atoms with Gasteiger partial charge in [0.1, 0.15) is 28.7 Å². The van der Waals surface area contributed by atoms with Crippen molar-refractivity contribution in [3.05, 3.63) is 95.1 Å². The number of allylic oxidation sites excluding steroid dienone is 5. The van der Waals surface area contributed by atoms with Crippen molar-refractivity contribution >= 4 is 5.91 Å². The second-order valence-corrected chi connectivity index (χ2v) is 8.64. The molecular weight excluding hydrogens is 493 g/mol. The van der Waals surface area contributed by atoms with Gasteiger partial charge in [0.15, 0.2) is 0 Å². The lowest BCUT2D eigenvalue weighted by Crippen LogP contribution is -2.18. The van der Waals surface area contributed by atoms with E-state index in [4.69, 9.17) is 10.5 Å². The van der Waals surface area contributed by atoms with Crippen molar-refractivity contribution in [1.82, 2.24) is 0 Å². The Hall–Kier alpha value is -3.62. The molecule has 2 rings (SSSR count). The van der Waals surface area contributed by atoms with Gasteiger partial charge in [0, 0.05) is 0 Å². The smallest absolute Gasteiger partial charge is 0.494 e. The monoisotopic (exact) mass is 523 g/mol. The second-order valence-electron chi connectivity index (χ2n) is 8.64. The van der Waals surface area contributed by atoms with Crippen LogP contribution in [0, 0.1) is 11.6 Å². The van der Waals surface area contributed by atoms with E-state index < -0.39 is 35.4 Å². The molecule has 2 aromatic rings. The standard InChI is InChI=1S/C28H30F5NO3/c1-4-19(9-8-18(2)3)17-20(23-14-15-24(29)25(26(23)30)27(34)35)7-5-6-16-36-21-10-12-22(13-11-21)37-28(31,32)33/h4,8-15,20H,1,5-7,16-17H2,2-3H3,(H2,34,35)/b19-9+. The van der Waals surface area contributed by atoms with Gasteiger partial charge in [0.25, 0.3) is 5.91 Å². The molecule has 0 aromatic heterocycles. The third kappa shape index (κ3) is 9.74. The van der Waals surface area contributed by atoms with Crippen molar-refractivity contribution in [2.45, 2.75) is 51.8 Å². The molecule has 0 saturated carbocycles. The summed E-state index contributed by atoms with van der Waals surface area (Å²) in [5, 5.41) is 0. The van der Waals surface area contributed by atoms with Crippen LogP contribution >= 0.6 is 0 Å². The highest BCUT2D eigenvalue weighted by Gasteiger charge is 2.31. The third-order valence-corrected chi connectivity index (χ3v) is 5.46. The van der Waals surface area contributed by atoms with Gasteiger partial charge >= 0.3 is 6.36 Å². The molecule has 0 heterocycles. The summed E-state index contributed by atoms with van der Waals surface area (Å²) in [6.07, 6.45) is 2.72. The Bertz CT molecular complexity index is 1130. The summed E-state index contributed by atoms with van der Waals surface area (Å²) in [6.45, 7) is 7.96. The minimum Gasteiger partial charge on any atom is -0.494 e. The molecule has 0 aliphatic heterocycles. The molecule has 2 N–H and O–H groups in total. The van der Waals surface area contributed by atoms with Crippen molar-refractivity contribution in [2.75, 3.05) is 6.61 Å². The number of amides is 1. The van der Waals surface area contributed by atoms with E-state index in [0.717, 1.165) is 29.3 Å². The van der Waals surface area contributed by atoms with Crippen LogP contribution in [0.15, 0.2) is 72.4 Å². The van der Waals surface area contributed by atoms with E-state index in [0.29, 0.717) is 31.4 Å². The summed E-state index contributed by atoms with van der Waals surface area (Å²) < 4.78 is 75.4. The molecule has 1 atom stereocenters. The maximum atomic E-state index is 15.1. The molecule has 0 aliphatic carbocycles. The first-order valence-electron chi connectivity index (χ1n) is 11.6. The summed E-state index contributed by atoms with van der Waals surface area (Å²) in [4.78, 5) is 11.6. The molecule has 0 saturated heterocycles. The number of rotatable bonds is 13. The number of nitrogens with two attached hydrogens (primary N) is 1. The number of primary amides is 1. The second kappa shape index (κ2) is 13.6. The number of hydrogen-bond acceptors (Lipinski definition) is 3. The largest absolute Gasteiger partial charge is 0.573 e. The van der Waals surface area contributed by atoms with Crippen LogP contribution in [-0.4, -0.2) is 18.9 Å². The summed E-state index contributed by atoms with van der Waals surface area (Å²) in [6, 6.07) is 7.41.